The number of urea groups is 1. The summed E-state index contributed by atoms with van der Waals surface area (Å²) < 4.78 is 0. The molecule has 0 radical (unpaired) electrons. The number of imide groups is 1. The molecule has 1 atom stereocenters. The Bertz CT molecular complexity index is 876. The van der Waals surface area contributed by atoms with Crippen molar-refractivity contribution in [3.8, 4) is 0 Å². The van der Waals surface area contributed by atoms with Gasteiger partial charge in [-0.05, 0) is 48.1 Å². The minimum absolute atomic E-state index is 0.0352. The predicted octanol–water partition coefficient (Wildman–Crippen LogP) is 2.55. The van der Waals surface area contributed by atoms with Gasteiger partial charge >= 0.3 is 6.03 Å². The van der Waals surface area contributed by atoms with Crippen LogP contribution < -0.4 is 10.6 Å². The van der Waals surface area contributed by atoms with Crippen LogP contribution in [0, 0.1) is 0 Å². The van der Waals surface area contributed by atoms with Crippen molar-refractivity contribution in [2.24, 2.45) is 0 Å². The normalized spacial score (nSPS) is 18.8. The molecule has 2 aliphatic rings. The van der Waals surface area contributed by atoms with E-state index in [0.717, 1.165) is 24.8 Å². The number of aryl methyl sites for hydroxylation is 1. The van der Waals surface area contributed by atoms with Crippen molar-refractivity contribution in [2.75, 3.05) is 6.54 Å². The highest BCUT2D eigenvalue weighted by atomic mass is 16.2. The Hall–Kier alpha value is -3.15. The molecule has 27 heavy (non-hydrogen) atoms. The highest BCUT2D eigenvalue weighted by Crippen LogP contribution is 2.29. The van der Waals surface area contributed by atoms with Crippen molar-refractivity contribution in [1.29, 1.82) is 0 Å². The van der Waals surface area contributed by atoms with Gasteiger partial charge in [0.25, 0.3) is 5.91 Å². The van der Waals surface area contributed by atoms with E-state index >= 15 is 0 Å². The van der Waals surface area contributed by atoms with E-state index in [1.807, 2.05) is 12.1 Å². The number of fused-ring (bicyclic) bond motifs is 1. The van der Waals surface area contributed by atoms with Crippen LogP contribution in [0.3, 0.4) is 0 Å². The molecule has 0 saturated carbocycles. The monoisotopic (exact) mass is 363 g/mol. The van der Waals surface area contributed by atoms with E-state index in [4.69, 9.17) is 0 Å². The topological polar surface area (TPSA) is 78.5 Å². The maximum Gasteiger partial charge on any atom is 0.324 e. The van der Waals surface area contributed by atoms with Gasteiger partial charge in [0.05, 0.1) is 19.1 Å². The lowest BCUT2D eigenvalue weighted by Gasteiger charge is -2.26. The average Bonchev–Trinajstić information content (AvgIpc) is 3.01. The second-order valence-corrected chi connectivity index (χ2v) is 6.95. The van der Waals surface area contributed by atoms with Crippen LogP contribution in [0.15, 0.2) is 48.5 Å². The molecule has 2 aromatic rings. The van der Waals surface area contributed by atoms with Gasteiger partial charge in [-0.2, -0.15) is 0 Å². The summed E-state index contributed by atoms with van der Waals surface area (Å²) in [6.45, 7) is 0.255. The first-order valence-corrected chi connectivity index (χ1v) is 9.17. The number of nitrogens with zero attached hydrogens (tertiary/aromatic N) is 1. The molecule has 6 nitrogen and oxygen atoms in total. The third kappa shape index (κ3) is 3.56. The molecule has 0 aromatic heterocycles. The van der Waals surface area contributed by atoms with E-state index < -0.39 is 0 Å². The van der Waals surface area contributed by atoms with E-state index in [9.17, 15) is 14.4 Å². The summed E-state index contributed by atoms with van der Waals surface area (Å²) >= 11 is 0. The van der Waals surface area contributed by atoms with Gasteiger partial charge in [0.1, 0.15) is 0 Å². The fraction of sp³-hybridized carbons (Fsp3) is 0.286. The van der Waals surface area contributed by atoms with Crippen molar-refractivity contribution in [3.05, 3.63) is 70.8 Å². The predicted molar refractivity (Wildman–Crippen MR) is 100.0 cm³/mol. The standard InChI is InChI=1S/C21H21N3O3/c25-19-12-22-21(27)24(19)13-14-8-10-16(11-9-14)20(26)23-18-7-3-5-15-4-1-2-6-17(15)18/h1-2,4,6,8-11,18H,3,5,7,12-13H2,(H,22,27)(H,23,26)/t18-/m1/s1. The van der Waals surface area contributed by atoms with Gasteiger partial charge in [-0.1, -0.05) is 36.4 Å². The Labute approximate surface area is 157 Å². The summed E-state index contributed by atoms with van der Waals surface area (Å²) in [6, 6.07) is 14.9. The molecular formula is C21H21N3O3. The van der Waals surface area contributed by atoms with Gasteiger partial charge in [-0.25, -0.2) is 4.79 Å². The lowest BCUT2D eigenvalue weighted by atomic mass is 9.87. The highest BCUT2D eigenvalue weighted by molar-refractivity contribution is 6.01. The van der Waals surface area contributed by atoms with Gasteiger partial charge < -0.3 is 10.6 Å². The molecule has 2 N–H and O–H groups in total. The number of benzene rings is 2. The van der Waals surface area contributed by atoms with E-state index in [1.165, 1.54) is 16.0 Å². The molecular weight excluding hydrogens is 342 g/mol. The second kappa shape index (κ2) is 7.23. The van der Waals surface area contributed by atoms with Crippen LogP contribution in [0.1, 0.15) is 45.9 Å². The molecule has 4 amide bonds. The van der Waals surface area contributed by atoms with Gasteiger partial charge in [-0.15, -0.1) is 0 Å². The lowest BCUT2D eigenvalue weighted by Crippen LogP contribution is -2.31. The number of carbonyl (C=O) groups excluding carboxylic acids is 3. The molecule has 1 saturated heterocycles. The van der Waals surface area contributed by atoms with Crippen molar-refractivity contribution in [1.82, 2.24) is 15.5 Å². The molecule has 1 fully saturated rings. The summed E-state index contributed by atoms with van der Waals surface area (Å²) in [4.78, 5) is 37.1. The molecule has 1 aliphatic heterocycles. The van der Waals surface area contributed by atoms with Crippen LogP contribution in [0.2, 0.25) is 0 Å². The third-order valence-corrected chi connectivity index (χ3v) is 5.17. The second-order valence-electron chi connectivity index (χ2n) is 6.95. The number of hydrogen-bond donors (Lipinski definition) is 2. The van der Waals surface area contributed by atoms with Crippen LogP contribution in [-0.2, 0) is 17.8 Å². The van der Waals surface area contributed by atoms with Gasteiger partial charge in [-0.3, -0.25) is 14.5 Å². The molecule has 0 unspecified atom stereocenters. The molecule has 0 bridgehead atoms. The molecule has 4 rings (SSSR count). The van der Waals surface area contributed by atoms with Crippen molar-refractivity contribution in [3.63, 3.8) is 0 Å². The van der Waals surface area contributed by atoms with Gasteiger partial charge in [0.15, 0.2) is 0 Å². The minimum Gasteiger partial charge on any atom is -0.345 e. The van der Waals surface area contributed by atoms with Crippen LogP contribution in [0.25, 0.3) is 0 Å². The molecule has 0 spiro atoms. The van der Waals surface area contributed by atoms with Crippen LogP contribution in [0.4, 0.5) is 4.79 Å². The van der Waals surface area contributed by atoms with Crippen LogP contribution in [0.5, 0.6) is 0 Å². The molecule has 138 valence electrons. The van der Waals surface area contributed by atoms with Crippen molar-refractivity contribution >= 4 is 17.8 Å². The summed E-state index contributed by atoms with van der Waals surface area (Å²) in [5.41, 5.74) is 3.88. The summed E-state index contributed by atoms with van der Waals surface area (Å²) in [6.07, 6.45) is 3.06. The Kier molecular flexibility index (Phi) is 4.62. The fourth-order valence-electron chi connectivity index (χ4n) is 3.70. The van der Waals surface area contributed by atoms with Crippen LogP contribution in [-0.4, -0.2) is 29.3 Å². The quantitative estimate of drug-likeness (QED) is 0.820. The first kappa shape index (κ1) is 17.3. The number of rotatable bonds is 4. The van der Waals surface area contributed by atoms with Gasteiger partial charge in [0, 0.05) is 5.56 Å². The SMILES string of the molecule is O=C(N[C@@H]1CCCc2ccccc21)c1ccc(CN2C(=O)CNC2=O)cc1. The smallest absolute Gasteiger partial charge is 0.324 e. The zero-order valence-corrected chi connectivity index (χ0v) is 14.9. The zero-order chi connectivity index (χ0) is 18.8. The first-order chi connectivity index (χ1) is 13.1. The van der Waals surface area contributed by atoms with Crippen molar-refractivity contribution in [2.45, 2.75) is 31.8 Å². The largest absolute Gasteiger partial charge is 0.345 e. The van der Waals surface area contributed by atoms with Crippen LogP contribution >= 0.6 is 0 Å². The Morgan fingerprint density at radius 3 is 2.63 bits per heavy atom. The Morgan fingerprint density at radius 1 is 1.11 bits per heavy atom. The molecule has 2 aromatic carbocycles. The lowest BCUT2D eigenvalue weighted by molar-refractivity contribution is -0.125. The summed E-state index contributed by atoms with van der Waals surface area (Å²) in [5.74, 6) is -0.351. The van der Waals surface area contributed by atoms with Gasteiger partial charge in [0.2, 0.25) is 5.91 Å². The van der Waals surface area contributed by atoms with E-state index in [-0.39, 0.29) is 37.0 Å². The molecule has 1 aliphatic carbocycles. The highest BCUT2D eigenvalue weighted by Gasteiger charge is 2.28. The third-order valence-electron chi connectivity index (χ3n) is 5.17. The minimum atomic E-state index is -0.377. The molecule has 1 heterocycles. The zero-order valence-electron chi connectivity index (χ0n) is 14.9. The Balaban J connectivity index is 1.43. The average molecular weight is 363 g/mol. The first-order valence-electron chi connectivity index (χ1n) is 9.17. The Morgan fingerprint density at radius 2 is 1.89 bits per heavy atom. The summed E-state index contributed by atoms with van der Waals surface area (Å²) in [5, 5.41) is 5.63. The van der Waals surface area contributed by atoms with E-state index in [0.29, 0.717) is 5.56 Å². The maximum atomic E-state index is 12.6. The summed E-state index contributed by atoms with van der Waals surface area (Å²) in [7, 11) is 0. The maximum absolute atomic E-state index is 12.6. The fourth-order valence-corrected chi connectivity index (χ4v) is 3.70. The van der Waals surface area contributed by atoms with Crippen molar-refractivity contribution < 1.29 is 14.4 Å². The molecule has 6 heteroatoms. The van der Waals surface area contributed by atoms with E-state index in [2.05, 4.69) is 22.8 Å². The number of nitrogens with one attached hydrogen (secondary N) is 2. The number of hydrogen-bond acceptors (Lipinski definition) is 3. The number of amides is 4. The van der Waals surface area contributed by atoms with E-state index in [1.54, 1.807) is 24.3 Å². The number of carbonyl (C=O) groups is 3.